The first-order chi connectivity index (χ1) is 13.1. The fraction of sp³-hybridized carbons (Fsp3) is 0.409. The molecule has 0 atom stereocenters. The van der Waals surface area contributed by atoms with E-state index in [2.05, 4.69) is 46.4 Å². The van der Waals surface area contributed by atoms with Crippen LogP contribution in [0.25, 0.3) is 0 Å². The number of anilines is 1. The van der Waals surface area contributed by atoms with Crippen molar-refractivity contribution in [1.82, 2.24) is 4.90 Å². The van der Waals surface area contributed by atoms with E-state index in [4.69, 9.17) is 10.5 Å². The molecule has 1 fully saturated rings. The second-order valence-electron chi connectivity index (χ2n) is 7.33. The number of benzene rings is 2. The second kappa shape index (κ2) is 9.42. The van der Waals surface area contributed by atoms with E-state index in [1.54, 1.807) is 7.11 Å². The molecular formula is C22H30N4O. The molecule has 0 saturated carbocycles. The topological polar surface area (TPSA) is 62.9 Å². The second-order valence-corrected chi connectivity index (χ2v) is 7.33. The summed E-state index contributed by atoms with van der Waals surface area (Å²) in [6, 6.07) is 16.3. The molecule has 0 spiro atoms. The Bertz CT molecular complexity index is 732. The van der Waals surface area contributed by atoms with Crippen LogP contribution in [-0.4, -0.2) is 31.1 Å². The number of ether oxygens (including phenoxy) is 1. The molecule has 27 heavy (non-hydrogen) atoms. The monoisotopic (exact) mass is 366 g/mol. The summed E-state index contributed by atoms with van der Waals surface area (Å²) < 4.78 is 5.15. The number of nitrogens with zero attached hydrogens (tertiary/aromatic N) is 2. The first-order valence-electron chi connectivity index (χ1n) is 9.63. The van der Waals surface area contributed by atoms with E-state index in [1.165, 1.54) is 31.5 Å². The van der Waals surface area contributed by atoms with Gasteiger partial charge in [0.2, 0.25) is 0 Å². The van der Waals surface area contributed by atoms with Crippen molar-refractivity contribution in [1.29, 1.82) is 0 Å². The van der Waals surface area contributed by atoms with Crippen LogP contribution < -0.4 is 15.8 Å². The molecule has 2 aromatic carbocycles. The maximum Gasteiger partial charge on any atom is 0.193 e. The lowest BCUT2D eigenvalue weighted by Gasteiger charge is -2.30. The van der Waals surface area contributed by atoms with Gasteiger partial charge in [0.25, 0.3) is 0 Å². The normalized spacial score (nSPS) is 16.3. The third-order valence-electron chi connectivity index (χ3n) is 5.10. The van der Waals surface area contributed by atoms with Crippen molar-refractivity contribution in [3.63, 3.8) is 0 Å². The molecule has 1 heterocycles. The SMILES string of the molecule is COc1ccc(NC(N)=NCc2ccc(CN3CCC(C)CC3)cc2)cc1. The van der Waals surface area contributed by atoms with Crippen molar-refractivity contribution >= 4 is 11.6 Å². The molecule has 3 N–H and O–H groups in total. The van der Waals surface area contributed by atoms with E-state index in [1.807, 2.05) is 24.3 Å². The Balaban J connectivity index is 1.49. The predicted molar refractivity (Wildman–Crippen MR) is 112 cm³/mol. The van der Waals surface area contributed by atoms with E-state index >= 15 is 0 Å². The van der Waals surface area contributed by atoms with Crippen molar-refractivity contribution in [2.45, 2.75) is 32.9 Å². The minimum atomic E-state index is 0.409. The van der Waals surface area contributed by atoms with Crippen molar-refractivity contribution in [3.8, 4) is 5.75 Å². The van der Waals surface area contributed by atoms with E-state index in [-0.39, 0.29) is 0 Å². The Morgan fingerprint density at radius 2 is 1.70 bits per heavy atom. The van der Waals surface area contributed by atoms with Gasteiger partial charge in [-0.1, -0.05) is 31.2 Å². The minimum absolute atomic E-state index is 0.409. The van der Waals surface area contributed by atoms with Gasteiger partial charge in [-0.05, 0) is 67.2 Å². The Labute approximate surface area is 162 Å². The average molecular weight is 367 g/mol. The summed E-state index contributed by atoms with van der Waals surface area (Å²) in [5.41, 5.74) is 9.40. The Hall–Kier alpha value is -2.53. The van der Waals surface area contributed by atoms with Crippen LogP contribution in [0.3, 0.4) is 0 Å². The summed E-state index contributed by atoms with van der Waals surface area (Å²) >= 11 is 0. The summed E-state index contributed by atoms with van der Waals surface area (Å²) in [7, 11) is 1.65. The van der Waals surface area contributed by atoms with Gasteiger partial charge in [0, 0.05) is 12.2 Å². The van der Waals surface area contributed by atoms with Crippen LogP contribution in [-0.2, 0) is 13.1 Å². The van der Waals surface area contributed by atoms with Crippen molar-refractivity contribution in [3.05, 3.63) is 59.7 Å². The van der Waals surface area contributed by atoms with E-state index in [0.29, 0.717) is 12.5 Å². The summed E-state index contributed by atoms with van der Waals surface area (Å²) in [5, 5.41) is 3.10. The fourth-order valence-electron chi connectivity index (χ4n) is 3.27. The summed E-state index contributed by atoms with van der Waals surface area (Å²) in [4.78, 5) is 6.97. The van der Waals surface area contributed by atoms with Crippen molar-refractivity contribution in [2.75, 3.05) is 25.5 Å². The van der Waals surface area contributed by atoms with Gasteiger partial charge in [-0.2, -0.15) is 0 Å². The van der Waals surface area contributed by atoms with Gasteiger partial charge in [-0.25, -0.2) is 4.99 Å². The zero-order valence-electron chi connectivity index (χ0n) is 16.3. The molecule has 3 rings (SSSR count). The third kappa shape index (κ3) is 6.00. The van der Waals surface area contributed by atoms with Gasteiger partial charge in [0.1, 0.15) is 5.75 Å². The Morgan fingerprint density at radius 3 is 2.33 bits per heavy atom. The highest BCUT2D eigenvalue weighted by molar-refractivity contribution is 5.92. The van der Waals surface area contributed by atoms with Crippen LogP contribution in [0.1, 0.15) is 30.9 Å². The molecule has 0 aliphatic carbocycles. The predicted octanol–water partition coefficient (Wildman–Crippen LogP) is 3.85. The average Bonchev–Trinajstić information content (AvgIpc) is 2.70. The van der Waals surface area contributed by atoms with Crippen LogP contribution in [0.4, 0.5) is 5.69 Å². The lowest BCUT2D eigenvalue weighted by Crippen LogP contribution is -2.32. The highest BCUT2D eigenvalue weighted by Crippen LogP contribution is 2.18. The number of rotatable bonds is 6. The standard InChI is InChI=1S/C22H30N4O/c1-17-11-13-26(14-12-17)16-19-5-3-18(4-6-19)15-24-22(23)25-20-7-9-21(27-2)10-8-20/h3-10,17H,11-16H2,1-2H3,(H3,23,24,25). The molecule has 0 aromatic heterocycles. The molecule has 2 aromatic rings. The van der Waals surface area contributed by atoms with Gasteiger partial charge >= 0.3 is 0 Å². The third-order valence-corrected chi connectivity index (χ3v) is 5.10. The van der Waals surface area contributed by atoms with Crippen LogP contribution in [0.5, 0.6) is 5.75 Å². The zero-order valence-corrected chi connectivity index (χ0v) is 16.3. The zero-order chi connectivity index (χ0) is 19.1. The highest BCUT2D eigenvalue weighted by atomic mass is 16.5. The number of piperidine rings is 1. The number of nitrogens with one attached hydrogen (secondary N) is 1. The molecule has 0 bridgehead atoms. The van der Waals surface area contributed by atoms with Crippen molar-refractivity contribution in [2.24, 2.45) is 16.6 Å². The Morgan fingerprint density at radius 1 is 1.07 bits per heavy atom. The van der Waals surface area contributed by atoms with Gasteiger partial charge in [0.05, 0.1) is 13.7 Å². The number of hydrogen-bond acceptors (Lipinski definition) is 3. The number of nitrogens with two attached hydrogens (primary N) is 1. The van der Waals surface area contributed by atoms with E-state index in [0.717, 1.165) is 29.5 Å². The number of methoxy groups -OCH3 is 1. The number of hydrogen-bond donors (Lipinski definition) is 2. The maximum atomic E-state index is 5.99. The molecule has 5 heteroatoms. The smallest absolute Gasteiger partial charge is 0.193 e. The molecular weight excluding hydrogens is 336 g/mol. The van der Waals surface area contributed by atoms with Crippen LogP contribution in [0.15, 0.2) is 53.5 Å². The van der Waals surface area contributed by atoms with E-state index in [9.17, 15) is 0 Å². The lowest BCUT2D eigenvalue weighted by atomic mass is 9.99. The van der Waals surface area contributed by atoms with Gasteiger partial charge < -0.3 is 15.8 Å². The van der Waals surface area contributed by atoms with Gasteiger partial charge in [0.15, 0.2) is 5.96 Å². The Kier molecular flexibility index (Phi) is 6.71. The maximum absolute atomic E-state index is 5.99. The number of guanidine groups is 1. The first kappa shape index (κ1) is 19.2. The molecule has 0 radical (unpaired) electrons. The molecule has 0 unspecified atom stereocenters. The summed E-state index contributed by atoms with van der Waals surface area (Å²) in [6.45, 7) is 6.37. The highest BCUT2D eigenvalue weighted by Gasteiger charge is 2.15. The van der Waals surface area contributed by atoms with Crippen LogP contribution in [0.2, 0.25) is 0 Å². The van der Waals surface area contributed by atoms with Crippen LogP contribution >= 0.6 is 0 Å². The summed E-state index contributed by atoms with van der Waals surface area (Å²) in [6.07, 6.45) is 2.63. The largest absolute Gasteiger partial charge is 0.497 e. The number of aliphatic imine (C=N–C) groups is 1. The number of likely N-dealkylation sites (tertiary alicyclic amines) is 1. The summed E-state index contributed by atoms with van der Waals surface area (Å²) in [5.74, 6) is 2.10. The lowest BCUT2D eigenvalue weighted by molar-refractivity contribution is 0.185. The molecule has 5 nitrogen and oxygen atoms in total. The molecule has 1 aliphatic heterocycles. The van der Waals surface area contributed by atoms with Crippen LogP contribution in [0, 0.1) is 5.92 Å². The van der Waals surface area contributed by atoms with Gasteiger partial charge in [-0.3, -0.25) is 4.90 Å². The fourth-order valence-corrected chi connectivity index (χ4v) is 3.27. The minimum Gasteiger partial charge on any atom is -0.497 e. The molecule has 1 aliphatic rings. The molecule has 1 saturated heterocycles. The van der Waals surface area contributed by atoms with E-state index < -0.39 is 0 Å². The molecule has 144 valence electrons. The van der Waals surface area contributed by atoms with Gasteiger partial charge in [-0.15, -0.1) is 0 Å². The first-order valence-corrected chi connectivity index (χ1v) is 9.63. The quantitative estimate of drug-likeness (QED) is 0.602. The molecule has 0 amide bonds. The van der Waals surface area contributed by atoms with Crippen molar-refractivity contribution < 1.29 is 4.74 Å².